The molecule has 0 amide bonds. The zero-order chi connectivity index (χ0) is 18.4. The van der Waals surface area contributed by atoms with E-state index in [0.29, 0.717) is 11.5 Å². The van der Waals surface area contributed by atoms with E-state index in [1.54, 1.807) is 6.07 Å². The fraction of sp³-hybridized carbons (Fsp3) is 0.278. The molecule has 0 atom stereocenters. The second kappa shape index (κ2) is 6.27. The van der Waals surface area contributed by atoms with E-state index in [4.69, 9.17) is 0 Å². The number of benzene rings is 1. The monoisotopic (exact) mass is 379 g/mol. The molecule has 136 valence electrons. The average Bonchev–Trinajstić information content (AvgIpc) is 3.32. The van der Waals surface area contributed by atoms with Crippen LogP contribution >= 0.6 is 11.3 Å². The number of anilines is 1. The molecule has 1 aromatic carbocycles. The third-order valence-electron chi connectivity index (χ3n) is 4.71. The second-order valence-electron chi connectivity index (χ2n) is 6.40. The molecule has 0 N–H and O–H groups in total. The third kappa shape index (κ3) is 2.71. The van der Waals surface area contributed by atoms with Gasteiger partial charge < -0.3 is 9.47 Å². The first-order valence-electron chi connectivity index (χ1n) is 8.85. The first kappa shape index (κ1) is 16.1. The van der Waals surface area contributed by atoms with Crippen molar-refractivity contribution in [2.75, 3.05) is 11.4 Å². The van der Waals surface area contributed by atoms with Crippen molar-refractivity contribution in [3.05, 3.63) is 58.3 Å². The molecule has 0 radical (unpaired) electrons. The Kier molecular flexibility index (Phi) is 3.75. The quantitative estimate of drug-likeness (QED) is 0.542. The van der Waals surface area contributed by atoms with Gasteiger partial charge in [0.15, 0.2) is 11.6 Å². The van der Waals surface area contributed by atoms with Crippen molar-refractivity contribution in [2.45, 2.75) is 26.4 Å². The minimum Gasteiger partial charge on any atom is -0.337 e. The maximum Gasteiger partial charge on any atom is 0.275 e. The number of rotatable bonds is 3. The van der Waals surface area contributed by atoms with Gasteiger partial charge in [0, 0.05) is 30.4 Å². The highest BCUT2D eigenvalue weighted by molar-refractivity contribution is 7.20. The van der Waals surface area contributed by atoms with Gasteiger partial charge in [-0.15, -0.1) is 15.3 Å². The van der Waals surface area contributed by atoms with Crippen LogP contribution in [-0.4, -0.2) is 35.9 Å². The highest BCUT2D eigenvalue weighted by atomic mass is 32.1. The van der Waals surface area contributed by atoms with Crippen LogP contribution in [0.25, 0.3) is 16.3 Å². The molecule has 0 saturated carbocycles. The summed E-state index contributed by atoms with van der Waals surface area (Å²) in [6, 6.07) is 11.6. The lowest BCUT2D eigenvalue weighted by Gasteiger charge is -2.26. The van der Waals surface area contributed by atoms with Gasteiger partial charge in [-0.05, 0) is 6.42 Å². The van der Waals surface area contributed by atoms with Crippen LogP contribution in [0, 0.1) is 0 Å². The summed E-state index contributed by atoms with van der Waals surface area (Å²) in [7, 11) is 0. The predicted molar refractivity (Wildman–Crippen MR) is 103 cm³/mol. The van der Waals surface area contributed by atoms with E-state index in [9.17, 15) is 4.79 Å². The van der Waals surface area contributed by atoms with E-state index in [0.717, 1.165) is 47.5 Å². The largest absolute Gasteiger partial charge is 0.337 e. The van der Waals surface area contributed by atoms with Crippen molar-refractivity contribution < 1.29 is 0 Å². The van der Waals surface area contributed by atoms with E-state index >= 15 is 0 Å². The van der Waals surface area contributed by atoms with Crippen LogP contribution < -0.4 is 10.5 Å². The molecule has 0 spiro atoms. The van der Waals surface area contributed by atoms with Gasteiger partial charge in [-0.3, -0.25) is 4.79 Å². The van der Waals surface area contributed by atoms with Gasteiger partial charge in [-0.2, -0.15) is 4.52 Å². The summed E-state index contributed by atoms with van der Waals surface area (Å²) in [6.07, 6.45) is 0.730. The minimum absolute atomic E-state index is 0.133. The molecule has 9 heteroatoms. The van der Waals surface area contributed by atoms with E-state index in [1.807, 2.05) is 37.3 Å². The highest BCUT2D eigenvalue weighted by Crippen LogP contribution is 2.27. The predicted octanol–water partition coefficient (Wildman–Crippen LogP) is 1.99. The summed E-state index contributed by atoms with van der Waals surface area (Å²) in [4.78, 5) is 19.5. The van der Waals surface area contributed by atoms with Gasteiger partial charge in [0.2, 0.25) is 10.1 Å². The molecule has 0 saturated heterocycles. The fourth-order valence-corrected chi connectivity index (χ4v) is 4.23. The van der Waals surface area contributed by atoms with Crippen molar-refractivity contribution in [3.63, 3.8) is 0 Å². The summed E-state index contributed by atoms with van der Waals surface area (Å²) >= 11 is 1.43. The van der Waals surface area contributed by atoms with E-state index in [-0.39, 0.29) is 5.56 Å². The van der Waals surface area contributed by atoms with Crippen molar-refractivity contribution in [1.29, 1.82) is 0 Å². The lowest BCUT2D eigenvalue weighted by molar-refractivity contribution is 0.560. The summed E-state index contributed by atoms with van der Waals surface area (Å²) < 4.78 is 3.53. The van der Waals surface area contributed by atoms with Crippen molar-refractivity contribution >= 4 is 21.4 Å². The Bertz CT molecular complexity index is 1180. The topological polar surface area (TPSA) is 81.2 Å². The van der Waals surface area contributed by atoms with Crippen LogP contribution in [0.4, 0.5) is 5.13 Å². The first-order chi connectivity index (χ1) is 13.2. The number of hydrogen-bond donors (Lipinski definition) is 0. The molecule has 0 fully saturated rings. The molecule has 1 aliphatic rings. The van der Waals surface area contributed by atoms with Gasteiger partial charge in [0.1, 0.15) is 0 Å². The zero-order valence-electron chi connectivity index (χ0n) is 14.7. The van der Waals surface area contributed by atoms with Crippen LogP contribution in [0.2, 0.25) is 0 Å². The standard InChI is InChI=1S/C18H17N7OS/c1-2-13-10-15(26)25-17(19-13)27-18(22-25)23-8-9-24-14(11-23)20-21-16(24)12-6-4-3-5-7-12/h3-7,10H,2,8-9,11H2,1H3. The summed E-state index contributed by atoms with van der Waals surface area (Å²) in [5, 5.41) is 14.0. The lowest BCUT2D eigenvalue weighted by atomic mass is 10.2. The number of fused-ring (bicyclic) bond motifs is 2. The number of hydrogen-bond acceptors (Lipinski definition) is 7. The van der Waals surface area contributed by atoms with Gasteiger partial charge in [-0.1, -0.05) is 48.6 Å². The van der Waals surface area contributed by atoms with Gasteiger partial charge in [0.25, 0.3) is 5.56 Å². The summed E-state index contributed by atoms with van der Waals surface area (Å²) in [6.45, 7) is 4.14. The summed E-state index contributed by atoms with van der Waals surface area (Å²) in [5.74, 6) is 1.79. The van der Waals surface area contributed by atoms with Crippen molar-refractivity contribution in [3.8, 4) is 11.4 Å². The van der Waals surface area contributed by atoms with Crippen LogP contribution in [0.15, 0.2) is 41.2 Å². The smallest absolute Gasteiger partial charge is 0.275 e. The van der Waals surface area contributed by atoms with Crippen LogP contribution in [-0.2, 0) is 19.5 Å². The SMILES string of the molecule is CCc1cc(=O)n2nc(N3CCn4c(nnc4-c4ccccc4)C3)sc2n1. The van der Waals surface area contributed by atoms with E-state index in [2.05, 4.69) is 29.7 Å². The second-order valence-corrected chi connectivity index (χ2v) is 7.33. The molecule has 5 rings (SSSR count). The van der Waals surface area contributed by atoms with E-state index < -0.39 is 0 Å². The molecule has 27 heavy (non-hydrogen) atoms. The number of nitrogens with zero attached hydrogens (tertiary/aromatic N) is 7. The fourth-order valence-electron chi connectivity index (χ4n) is 3.28. The van der Waals surface area contributed by atoms with Crippen LogP contribution in [0.1, 0.15) is 18.4 Å². The molecule has 0 unspecified atom stereocenters. The highest BCUT2D eigenvalue weighted by Gasteiger charge is 2.24. The summed E-state index contributed by atoms with van der Waals surface area (Å²) in [5.41, 5.74) is 1.72. The van der Waals surface area contributed by atoms with Crippen molar-refractivity contribution in [1.82, 2.24) is 29.4 Å². The Hall–Kier alpha value is -3.07. The van der Waals surface area contributed by atoms with Gasteiger partial charge in [-0.25, -0.2) is 4.98 Å². The Labute approximate surface area is 158 Å². The van der Waals surface area contributed by atoms with Crippen LogP contribution in [0.5, 0.6) is 0 Å². The first-order valence-corrected chi connectivity index (χ1v) is 9.67. The molecule has 4 aromatic rings. The van der Waals surface area contributed by atoms with E-state index in [1.165, 1.54) is 15.9 Å². The molecule has 3 aromatic heterocycles. The minimum atomic E-state index is -0.133. The Morgan fingerprint density at radius 3 is 2.81 bits per heavy atom. The molecule has 4 heterocycles. The molecular formula is C18H17N7OS. The van der Waals surface area contributed by atoms with Gasteiger partial charge in [0.05, 0.1) is 6.54 Å². The van der Waals surface area contributed by atoms with Crippen LogP contribution in [0.3, 0.4) is 0 Å². The average molecular weight is 379 g/mol. The molecule has 0 aliphatic carbocycles. The Morgan fingerprint density at radius 1 is 1.15 bits per heavy atom. The normalized spacial score (nSPS) is 13.9. The Morgan fingerprint density at radius 2 is 2.00 bits per heavy atom. The molecule has 8 nitrogen and oxygen atoms in total. The molecule has 1 aliphatic heterocycles. The molecular weight excluding hydrogens is 362 g/mol. The maximum absolute atomic E-state index is 12.2. The molecule has 0 bridgehead atoms. The third-order valence-corrected chi connectivity index (χ3v) is 5.67. The Balaban J connectivity index is 1.48. The maximum atomic E-state index is 12.2. The van der Waals surface area contributed by atoms with Crippen molar-refractivity contribution in [2.24, 2.45) is 0 Å². The number of aromatic nitrogens is 6. The zero-order valence-corrected chi connectivity index (χ0v) is 15.6. The van der Waals surface area contributed by atoms with Gasteiger partial charge >= 0.3 is 0 Å². The number of aryl methyl sites for hydroxylation is 1. The lowest BCUT2D eigenvalue weighted by Crippen LogP contribution is -2.34.